The van der Waals surface area contributed by atoms with Crippen molar-refractivity contribution in [2.75, 3.05) is 13.2 Å². The molecular formula is C46H62N8O6. The van der Waals surface area contributed by atoms with Crippen molar-refractivity contribution in [3.8, 4) is 11.5 Å². The molecule has 0 aliphatic heterocycles. The van der Waals surface area contributed by atoms with Crippen molar-refractivity contribution in [3.05, 3.63) is 122 Å². The highest BCUT2D eigenvalue weighted by atomic mass is 16.5. The monoisotopic (exact) mass is 822 g/mol. The quantitative estimate of drug-likeness (QED) is 0.0693. The van der Waals surface area contributed by atoms with Gasteiger partial charge >= 0.3 is 0 Å². The summed E-state index contributed by atoms with van der Waals surface area (Å²) in [6, 6.07) is 3.48. The largest absolute Gasteiger partial charge is 0.493 e. The summed E-state index contributed by atoms with van der Waals surface area (Å²) in [5.41, 5.74) is 1.18. The van der Waals surface area contributed by atoms with Crippen LogP contribution < -0.4 is 53.1 Å². The van der Waals surface area contributed by atoms with Crippen molar-refractivity contribution in [1.29, 1.82) is 0 Å². The van der Waals surface area contributed by atoms with Crippen molar-refractivity contribution in [2.24, 2.45) is 0 Å². The first kappa shape index (κ1) is 45.2. The third-order valence-electron chi connectivity index (χ3n) is 10.1. The molecule has 322 valence electrons. The van der Waals surface area contributed by atoms with Gasteiger partial charge in [-0.2, -0.15) is 0 Å². The number of hydrogen-bond donors (Lipinski definition) is 6. The van der Waals surface area contributed by atoms with E-state index in [9.17, 15) is 19.2 Å². The fraction of sp³-hybridized carbons (Fsp3) is 0.478. The molecular weight excluding hydrogens is 761 g/mol. The highest BCUT2D eigenvalue weighted by Crippen LogP contribution is 2.31. The van der Waals surface area contributed by atoms with E-state index in [1.807, 2.05) is 41.5 Å². The van der Waals surface area contributed by atoms with Crippen LogP contribution in [0.1, 0.15) is 154 Å². The number of hydrogen-bond acceptors (Lipinski definition) is 8. The number of aromatic amines is 6. The molecule has 60 heavy (non-hydrogen) atoms. The summed E-state index contributed by atoms with van der Waals surface area (Å²) in [5, 5.41) is 0.170. The lowest BCUT2D eigenvalue weighted by Crippen LogP contribution is -2.47. The van der Waals surface area contributed by atoms with Crippen molar-refractivity contribution < 1.29 is 9.47 Å². The topological polar surface area (TPSA) is 207 Å². The Balaban J connectivity index is 1.64. The predicted octanol–water partition coefficient (Wildman–Crippen LogP) is 4.49. The molecule has 4 heterocycles. The molecule has 0 bridgehead atoms. The zero-order chi connectivity index (χ0) is 43.5. The lowest BCUT2D eigenvalue weighted by Gasteiger charge is -2.16. The van der Waals surface area contributed by atoms with Crippen LogP contribution in [0.25, 0.3) is 24.3 Å². The van der Waals surface area contributed by atoms with Crippen molar-refractivity contribution in [1.82, 2.24) is 39.9 Å². The van der Waals surface area contributed by atoms with E-state index in [1.54, 1.807) is 49.1 Å². The Kier molecular flexibility index (Phi) is 15.3. The zero-order valence-electron chi connectivity index (χ0n) is 36.4. The van der Waals surface area contributed by atoms with E-state index in [0.29, 0.717) is 47.2 Å². The Labute approximate surface area is 349 Å². The van der Waals surface area contributed by atoms with Gasteiger partial charge < -0.3 is 39.4 Å². The normalized spacial score (nSPS) is 13.5. The van der Waals surface area contributed by atoms with Crippen LogP contribution in [0.5, 0.6) is 11.5 Å². The van der Waals surface area contributed by atoms with Gasteiger partial charge in [-0.25, -0.2) is 9.97 Å². The lowest BCUT2D eigenvalue weighted by atomic mass is 9.90. The van der Waals surface area contributed by atoms with E-state index < -0.39 is 22.2 Å². The van der Waals surface area contributed by atoms with Gasteiger partial charge in [-0.15, -0.1) is 0 Å². The molecule has 0 saturated heterocycles. The Hall–Kier alpha value is -5.92. The SMILES string of the molecule is CCCCCCCOc1cc(/C=c2\[nH]c(=O)/c(=C/c3nc[nH]c3C(C)(C)C)[nH]c2=O)c(OCCCCCCC)cc1/C=c1\[nH]c(=O)/c(=C/c2nc[nH]c2C(C)(C)C)[nH]c1=O. The Morgan fingerprint density at radius 1 is 0.500 bits per heavy atom. The van der Waals surface area contributed by atoms with E-state index in [1.165, 1.54) is 0 Å². The summed E-state index contributed by atoms with van der Waals surface area (Å²) >= 11 is 0. The van der Waals surface area contributed by atoms with Gasteiger partial charge in [0.1, 0.15) is 32.9 Å². The van der Waals surface area contributed by atoms with E-state index in [2.05, 4.69) is 53.7 Å². The number of aromatic nitrogens is 8. The van der Waals surface area contributed by atoms with Crippen LogP contribution in [0.4, 0.5) is 0 Å². The molecule has 5 aromatic rings. The standard InChI is InChI=1S/C46H62N8O6/c1-9-11-13-15-17-19-59-37-23-30(22-34-42(56)54-36(44(58)52-34)26-32-40(46(6,7)8)50-28-48-32)38(60-20-18-16-14-12-10-2)24-29(37)21-33-41(55)53-35(43(57)51-33)25-31-39(45(3,4)5)49-27-47-31/h21-28H,9-20H2,1-8H3,(H,47,49)(H,48,50)(H,51,57)(H,52,58)(H,53,55)(H,54,56)/b33-21-,34-22-,35-25-,36-26-. The number of ether oxygens (including phenoxy) is 2. The molecule has 6 N–H and O–H groups in total. The molecule has 0 radical (unpaired) electrons. The van der Waals surface area contributed by atoms with Gasteiger partial charge in [0.25, 0.3) is 22.2 Å². The number of imidazole rings is 2. The first-order valence-corrected chi connectivity index (χ1v) is 21.2. The molecule has 0 aliphatic carbocycles. The molecule has 0 atom stereocenters. The fourth-order valence-corrected chi connectivity index (χ4v) is 6.85. The number of nitrogens with one attached hydrogen (secondary N) is 6. The maximum absolute atomic E-state index is 13.6. The van der Waals surface area contributed by atoms with Gasteiger partial charge in [0, 0.05) is 33.3 Å². The number of rotatable bonds is 18. The number of nitrogens with zero attached hydrogens (tertiary/aromatic N) is 2. The Bertz CT molecular complexity index is 2530. The smallest absolute Gasteiger partial charge is 0.272 e. The Morgan fingerprint density at radius 3 is 1.17 bits per heavy atom. The highest BCUT2D eigenvalue weighted by Gasteiger charge is 2.21. The first-order valence-electron chi connectivity index (χ1n) is 21.2. The van der Waals surface area contributed by atoms with Crippen LogP contribution >= 0.6 is 0 Å². The molecule has 5 rings (SSSR count). The fourth-order valence-electron chi connectivity index (χ4n) is 6.85. The minimum Gasteiger partial charge on any atom is -0.493 e. The van der Waals surface area contributed by atoms with Crippen LogP contribution in [0.2, 0.25) is 0 Å². The molecule has 14 nitrogen and oxygen atoms in total. The van der Waals surface area contributed by atoms with E-state index in [4.69, 9.17) is 9.47 Å². The number of unbranched alkanes of at least 4 members (excludes halogenated alkanes) is 8. The van der Waals surface area contributed by atoms with Gasteiger partial charge in [0.05, 0.1) is 37.3 Å². The summed E-state index contributed by atoms with van der Waals surface area (Å²) in [6.45, 7) is 17.3. The molecule has 0 fully saturated rings. The van der Waals surface area contributed by atoms with Crippen molar-refractivity contribution in [2.45, 2.75) is 130 Å². The minimum absolute atomic E-state index is 0.0180. The second-order valence-corrected chi connectivity index (χ2v) is 17.3. The average Bonchev–Trinajstić information content (AvgIpc) is 3.87. The van der Waals surface area contributed by atoms with Gasteiger partial charge in [0.2, 0.25) is 0 Å². The molecule has 0 unspecified atom stereocenters. The van der Waals surface area contributed by atoms with Crippen molar-refractivity contribution in [3.63, 3.8) is 0 Å². The highest BCUT2D eigenvalue weighted by molar-refractivity contribution is 5.67. The molecule has 0 amide bonds. The first-order chi connectivity index (χ1) is 28.6. The van der Waals surface area contributed by atoms with E-state index >= 15 is 0 Å². The predicted molar refractivity (Wildman–Crippen MR) is 238 cm³/mol. The number of H-pyrrole nitrogens is 6. The third kappa shape index (κ3) is 12.1. The third-order valence-corrected chi connectivity index (χ3v) is 10.1. The second-order valence-electron chi connectivity index (χ2n) is 17.3. The van der Waals surface area contributed by atoms with Gasteiger partial charge in [-0.05, 0) is 49.3 Å². The maximum atomic E-state index is 13.6. The summed E-state index contributed by atoms with van der Waals surface area (Å²) in [4.78, 5) is 79.9. The zero-order valence-corrected chi connectivity index (χ0v) is 36.4. The van der Waals surface area contributed by atoms with Crippen molar-refractivity contribution >= 4 is 24.3 Å². The molecule has 0 spiro atoms. The second kappa shape index (κ2) is 20.4. The van der Waals surface area contributed by atoms with Crippen LogP contribution in [0.3, 0.4) is 0 Å². The summed E-state index contributed by atoms with van der Waals surface area (Å²) < 4.78 is 12.7. The van der Waals surface area contributed by atoms with Crippen LogP contribution in [0.15, 0.2) is 44.0 Å². The minimum atomic E-state index is -0.515. The van der Waals surface area contributed by atoms with E-state index in [-0.39, 0.29) is 32.2 Å². The Morgan fingerprint density at radius 2 is 0.833 bits per heavy atom. The van der Waals surface area contributed by atoms with Crippen LogP contribution in [-0.4, -0.2) is 53.1 Å². The molecule has 1 aromatic carbocycles. The molecule has 4 aromatic heterocycles. The molecule has 0 saturated carbocycles. The molecule has 0 aliphatic rings. The van der Waals surface area contributed by atoms with Crippen LogP contribution in [-0.2, 0) is 10.8 Å². The summed E-state index contributed by atoms with van der Waals surface area (Å²) in [6.07, 6.45) is 19.6. The van der Waals surface area contributed by atoms with Crippen LogP contribution in [0, 0.1) is 0 Å². The summed E-state index contributed by atoms with van der Waals surface area (Å²) in [7, 11) is 0. The van der Waals surface area contributed by atoms with Gasteiger partial charge in [0.15, 0.2) is 0 Å². The molecule has 14 heteroatoms. The van der Waals surface area contributed by atoms with Gasteiger partial charge in [-0.3, -0.25) is 19.2 Å². The maximum Gasteiger partial charge on any atom is 0.272 e. The lowest BCUT2D eigenvalue weighted by molar-refractivity contribution is 0.295. The average molecular weight is 823 g/mol. The summed E-state index contributed by atoms with van der Waals surface area (Å²) in [5.74, 6) is 0.817. The number of benzene rings is 1. The van der Waals surface area contributed by atoms with Gasteiger partial charge in [-0.1, -0.05) is 107 Å². The van der Waals surface area contributed by atoms with E-state index in [0.717, 1.165) is 75.6 Å².